The number of pyridine rings is 1. The topological polar surface area (TPSA) is 59.2 Å². The number of aromatic nitrogens is 1. The summed E-state index contributed by atoms with van der Waals surface area (Å²) >= 11 is 0. The maximum Gasteiger partial charge on any atom is 0.240 e. The van der Waals surface area contributed by atoms with E-state index in [0.29, 0.717) is 19.0 Å². The van der Waals surface area contributed by atoms with Gasteiger partial charge in [-0.1, -0.05) is 6.08 Å². The predicted octanol–water partition coefficient (Wildman–Crippen LogP) is 1.48. The molecule has 96 valence electrons. The molecule has 1 fully saturated rings. The molecule has 1 unspecified atom stereocenters. The number of nitrogens with zero attached hydrogens (tertiary/aromatic N) is 2. The van der Waals surface area contributed by atoms with Crippen molar-refractivity contribution in [2.75, 3.05) is 0 Å². The number of amides is 1. The third-order valence-corrected chi connectivity index (χ3v) is 3.11. The molecule has 0 bridgehead atoms. The van der Waals surface area contributed by atoms with Crippen molar-refractivity contribution in [3.8, 4) is 0 Å². The van der Waals surface area contributed by atoms with Crippen molar-refractivity contribution in [2.45, 2.75) is 37.9 Å². The van der Waals surface area contributed by atoms with Gasteiger partial charge in [0.1, 0.15) is 0 Å². The molecule has 1 aromatic rings. The number of nitrogens with two attached hydrogens (primary N) is 1. The molecule has 1 aliphatic rings. The number of carbonyl (C=O) groups excluding carboxylic acids is 1. The van der Waals surface area contributed by atoms with E-state index in [2.05, 4.69) is 11.6 Å². The quantitative estimate of drug-likeness (QED) is 0.772. The molecule has 18 heavy (non-hydrogen) atoms. The van der Waals surface area contributed by atoms with Crippen molar-refractivity contribution in [3.63, 3.8) is 0 Å². The molecule has 0 aliphatic heterocycles. The maximum atomic E-state index is 12.3. The molecule has 0 radical (unpaired) electrons. The minimum Gasteiger partial charge on any atom is -0.334 e. The second-order valence-electron chi connectivity index (χ2n) is 4.68. The van der Waals surface area contributed by atoms with Gasteiger partial charge in [-0.2, -0.15) is 0 Å². The zero-order valence-electron chi connectivity index (χ0n) is 10.5. The third-order valence-electron chi connectivity index (χ3n) is 3.11. The summed E-state index contributed by atoms with van der Waals surface area (Å²) in [6.07, 6.45) is 7.87. The van der Waals surface area contributed by atoms with Crippen LogP contribution in [0.2, 0.25) is 0 Å². The van der Waals surface area contributed by atoms with Crippen LogP contribution in [0, 0.1) is 0 Å². The molecule has 1 aromatic heterocycles. The number of rotatable bonds is 6. The summed E-state index contributed by atoms with van der Waals surface area (Å²) in [5, 5.41) is 0. The van der Waals surface area contributed by atoms with Crippen molar-refractivity contribution in [1.82, 2.24) is 9.88 Å². The molecular weight excluding hydrogens is 226 g/mol. The Morgan fingerprint density at radius 1 is 1.56 bits per heavy atom. The first-order valence-electron chi connectivity index (χ1n) is 6.28. The standard InChI is InChI=1S/C14H19N3O/c1-2-3-13(15)14(18)17(12-4-5-12)10-11-6-8-16-9-7-11/h2,6-9,12-13H,1,3-5,10,15H2. The lowest BCUT2D eigenvalue weighted by Crippen LogP contribution is -2.44. The Bertz CT molecular complexity index is 414. The zero-order chi connectivity index (χ0) is 13.0. The van der Waals surface area contributed by atoms with E-state index >= 15 is 0 Å². The van der Waals surface area contributed by atoms with Crippen molar-refractivity contribution in [1.29, 1.82) is 0 Å². The van der Waals surface area contributed by atoms with E-state index < -0.39 is 6.04 Å². The molecule has 0 spiro atoms. The minimum atomic E-state index is -0.468. The molecule has 1 saturated carbocycles. The van der Waals surface area contributed by atoms with Crippen molar-refractivity contribution < 1.29 is 4.79 Å². The van der Waals surface area contributed by atoms with Gasteiger partial charge >= 0.3 is 0 Å². The van der Waals surface area contributed by atoms with Crippen LogP contribution in [0.5, 0.6) is 0 Å². The van der Waals surface area contributed by atoms with Crippen molar-refractivity contribution in [2.24, 2.45) is 5.73 Å². The minimum absolute atomic E-state index is 0.0224. The van der Waals surface area contributed by atoms with Crippen molar-refractivity contribution >= 4 is 5.91 Å². The molecule has 4 nitrogen and oxygen atoms in total. The second kappa shape index (κ2) is 5.78. The van der Waals surface area contributed by atoms with Crippen LogP contribution in [0.25, 0.3) is 0 Å². The molecule has 1 amide bonds. The first kappa shape index (κ1) is 12.8. The third kappa shape index (κ3) is 3.17. The molecule has 1 heterocycles. The van der Waals surface area contributed by atoms with Gasteiger partial charge in [-0.15, -0.1) is 6.58 Å². The van der Waals surface area contributed by atoms with E-state index in [4.69, 9.17) is 5.73 Å². The summed E-state index contributed by atoms with van der Waals surface area (Å²) in [5.41, 5.74) is 6.97. The summed E-state index contributed by atoms with van der Waals surface area (Å²) in [4.78, 5) is 18.1. The normalized spacial score (nSPS) is 16.1. The fraction of sp³-hybridized carbons (Fsp3) is 0.429. The Labute approximate surface area is 108 Å². The average Bonchev–Trinajstić information content (AvgIpc) is 3.21. The molecule has 2 N–H and O–H groups in total. The Morgan fingerprint density at radius 3 is 2.78 bits per heavy atom. The summed E-state index contributed by atoms with van der Waals surface area (Å²) in [7, 11) is 0. The van der Waals surface area contributed by atoms with Crippen LogP contribution in [0.1, 0.15) is 24.8 Å². The van der Waals surface area contributed by atoms with Crippen molar-refractivity contribution in [3.05, 3.63) is 42.7 Å². The second-order valence-corrected chi connectivity index (χ2v) is 4.68. The van der Waals surface area contributed by atoms with E-state index in [1.807, 2.05) is 17.0 Å². The van der Waals surface area contributed by atoms with E-state index in [1.165, 1.54) is 0 Å². The van der Waals surface area contributed by atoms with Gasteiger partial charge < -0.3 is 10.6 Å². The highest BCUT2D eigenvalue weighted by Crippen LogP contribution is 2.29. The summed E-state index contributed by atoms with van der Waals surface area (Å²) < 4.78 is 0. The van der Waals surface area contributed by atoms with Crippen LogP contribution >= 0.6 is 0 Å². The number of carbonyl (C=O) groups is 1. The first-order valence-corrected chi connectivity index (χ1v) is 6.28. The Morgan fingerprint density at radius 2 is 2.22 bits per heavy atom. The van der Waals surface area contributed by atoms with Gasteiger partial charge in [0, 0.05) is 25.0 Å². The lowest BCUT2D eigenvalue weighted by molar-refractivity contribution is -0.133. The van der Waals surface area contributed by atoms with Crippen LogP contribution < -0.4 is 5.73 Å². The highest BCUT2D eigenvalue weighted by atomic mass is 16.2. The highest BCUT2D eigenvalue weighted by Gasteiger charge is 2.34. The Balaban J connectivity index is 2.04. The SMILES string of the molecule is C=CCC(N)C(=O)N(Cc1ccncc1)C1CC1. The molecule has 4 heteroatoms. The van der Waals surface area contributed by atoms with E-state index in [-0.39, 0.29) is 5.91 Å². The van der Waals surface area contributed by atoms with E-state index in [1.54, 1.807) is 18.5 Å². The fourth-order valence-corrected chi connectivity index (χ4v) is 1.95. The Kier molecular flexibility index (Phi) is 4.10. The van der Waals surface area contributed by atoms with Crippen LogP contribution in [-0.2, 0) is 11.3 Å². The first-order chi connectivity index (χ1) is 8.72. The van der Waals surface area contributed by atoms with Gasteiger partial charge in [-0.25, -0.2) is 0 Å². The number of hydrogen-bond donors (Lipinski definition) is 1. The van der Waals surface area contributed by atoms with Gasteiger partial charge in [-0.3, -0.25) is 9.78 Å². The summed E-state index contributed by atoms with van der Waals surface area (Å²) in [5.74, 6) is 0.0224. The monoisotopic (exact) mass is 245 g/mol. The van der Waals surface area contributed by atoms with Gasteiger partial charge in [0.05, 0.1) is 6.04 Å². The average molecular weight is 245 g/mol. The zero-order valence-corrected chi connectivity index (χ0v) is 10.5. The number of hydrogen-bond acceptors (Lipinski definition) is 3. The van der Waals surface area contributed by atoms with Crippen LogP contribution in [0.15, 0.2) is 37.2 Å². The van der Waals surface area contributed by atoms with Gasteiger partial charge in [0.25, 0.3) is 0 Å². The smallest absolute Gasteiger partial charge is 0.240 e. The fourth-order valence-electron chi connectivity index (χ4n) is 1.95. The molecule has 1 atom stereocenters. The Hall–Kier alpha value is -1.68. The predicted molar refractivity (Wildman–Crippen MR) is 70.6 cm³/mol. The summed E-state index contributed by atoms with van der Waals surface area (Å²) in [6, 6.07) is 3.76. The van der Waals surface area contributed by atoms with E-state index in [9.17, 15) is 4.79 Å². The highest BCUT2D eigenvalue weighted by molar-refractivity contribution is 5.82. The molecule has 0 saturated heterocycles. The van der Waals surface area contributed by atoms with Crippen LogP contribution in [-0.4, -0.2) is 27.9 Å². The van der Waals surface area contributed by atoms with E-state index in [0.717, 1.165) is 18.4 Å². The maximum absolute atomic E-state index is 12.3. The lowest BCUT2D eigenvalue weighted by Gasteiger charge is -2.25. The van der Waals surface area contributed by atoms with Gasteiger partial charge in [0.2, 0.25) is 5.91 Å². The lowest BCUT2D eigenvalue weighted by atomic mass is 10.1. The van der Waals surface area contributed by atoms with Crippen LogP contribution in [0.3, 0.4) is 0 Å². The van der Waals surface area contributed by atoms with Crippen LogP contribution in [0.4, 0.5) is 0 Å². The molecule has 0 aromatic carbocycles. The van der Waals surface area contributed by atoms with Gasteiger partial charge in [0.15, 0.2) is 0 Å². The summed E-state index contributed by atoms with van der Waals surface area (Å²) in [6.45, 7) is 4.25. The molecule has 2 rings (SSSR count). The molecule has 1 aliphatic carbocycles. The van der Waals surface area contributed by atoms with Gasteiger partial charge in [-0.05, 0) is 37.0 Å². The largest absolute Gasteiger partial charge is 0.334 e. The molecular formula is C14H19N3O.